The first-order valence-corrected chi connectivity index (χ1v) is 6.05. The summed E-state index contributed by atoms with van der Waals surface area (Å²) in [5, 5.41) is 13.4. The van der Waals surface area contributed by atoms with E-state index in [0.29, 0.717) is 5.39 Å². The molecule has 0 N–H and O–H groups in total. The van der Waals surface area contributed by atoms with Crippen LogP contribution in [0.5, 0.6) is 0 Å². The minimum absolute atomic E-state index is 0.156. The van der Waals surface area contributed by atoms with E-state index in [9.17, 15) is 10.1 Å². The summed E-state index contributed by atoms with van der Waals surface area (Å²) < 4.78 is 1.79. The van der Waals surface area contributed by atoms with Crippen LogP contribution in [0.15, 0.2) is 22.4 Å². The van der Waals surface area contributed by atoms with Gasteiger partial charge in [0, 0.05) is 19.9 Å². The Morgan fingerprint density at radius 1 is 1.50 bits per heavy atom. The molecule has 1 heterocycles. The zero-order valence-corrected chi connectivity index (χ0v) is 10.6. The predicted molar refractivity (Wildman–Crippen MR) is 68.4 cm³/mol. The molecule has 0 radical (unpaired) electrons. The molecule has 0 unspecified atom stereocenters. The number of thiophene rings is 1. The largest absolute Gasteiger partial charge is 0.279 e. The van der Waals surface area contributed by atoms with Crippen molar-refractivity contribution >= 4 is 62.3 Å². The van der Waals surface area contributed by atoms with Gasteiger partial charge in [0.1, 0.15) is 0 Å². The maximum Gasteiger partial charge on any atom is 0.279 e. The molecule has 1 aromatic heterocycles. The molecule has 0 atom stereocenters. The van der Waals surface area contributed by atoms with Gasteiger partial charge in [0.15, 0.2) is 0 Å². The Morgan fingerprint density at radius 2 is 2.21 bits per heavy atom. The number of benzene rings is 1. The molecule has 0 saturated heterocycles. The number of nitro groups is 1. The van der Waals surface area contributed by atoms with E-state index in [0.717, 1.165) is 13.2 Å². The Kier molecular flexibility index (Phi) is 2.67. The molecule has 0 saturated carbocycles. The fourth-order valence-corrected chi connectivity index (χ4v) is 3.55. The monoisotopic (exact) mass is 337 g/mol. The van der Waals surface area contributed by atoms with Crippen molar-refractivity contribution in [2.75, 3.05) is 0 Å². The summed E-state index contributed by atoms with van der Waals surface area (Å²) in [7, 11) is 0. The molecular weight excluding hydrogens is 333 g/mol. The number of nitro benzene ring substituents is 1. The second-order valence-electron chi connectivity index (χ2n) is 2.65. The average Bonchev–Trinajstić information content (AvgIpc) is 2.50. The van der Waals surface area contributed by atoms with E-state index in [1.54, 1.807) is 6.07 Å². The molecule has 0 amide bonds. The van der Waals surface area contributed by atoms with Crippen molar-refractivity contribution in [2.24, 2.45) is 0 Å². The molecule has 1 aromatic carbocycles. The van der Waals surface area contributed by atoms with Gasteiger partial charge in [-0.05, 0) is 28.7 Å². The summed E-state index contributed by atoms with van der Waals surface area (Å²) in [6.07, 6.45) is 0. The molecule has 3 nitrogen and oxygen atoms in total. The van der Waals surface area contributed by atoms with Gasteiger partial charge in [-0.25, -0.2) is 0 Å². The van der Waals surface area contributed by atoms with Crippen molar-refractivity contribution in [3.8, 4) is 0 Å². The smallest absolute Gasteiger partial charge is 0.258 e. The summed E-state index contributed by atoms with van der Waals surface area (Å²) in [5.74, 6) is 0. The van der Waals surface area contributed by atoms with Crippen molar-refractivity contribution in [3.63, 3.8) is 0 Å². The lowest BCUT2D eigenvalue weighted by molar-refractivity contribution is -0.383. The van der Waals surface area contributed by atoms with Crippen molar-refractivity contribution in [1.29, 1.82) is 0 Å². The highest BCUT2D eigenvalue weighted by Gasteiger charge is 2.17. The molecule has 0 spiro atoms. The Balaban J connectivity index is 2.92. The van der Waals surface area contributed by atoms with E-state index in [-0.39, 0.29) is 10.6 Å². The van der Waals surface area contributed by atoms with Crippen LogP contribution in [-0.2, 0) is 0 Å². The zero-order chi connectivity index (χ0) is 10.3. The number of non-ortho nitro benzene ring substituents is 1. The van der Waals surface area contributed by atoms with Gasteiger partial charge in [0.25, 0.3) is 5.69 Å². The first-order chi connectivity index (χ1) is 6.61. The lowest BCUT2D eigenvalue weighted by Crippen LogP contribution is -1.88. The van der Waals surface area contributed by atoms with E-state index < -0.39 is 0 Å². The fourth-order valence-electron chi connectivity index (χ4n) is 1.23. The summed E-state index contributed by atoms with van der Waals surface area (Å²) in [4.78, 5) is 11.2. The zero-order valence-electron chi connectivity index (χ0n) is 6.73. The van der Waals surface area contributed by atoms with E-state index in [1.807, 2.05) is 5.38 Å². The molecule has 0 aliphatic rings. The van der Waals surface area contributed by atoms with Crippen molar-refractivity contribution in [2.45, 2.75) is 4.90 Å². The summed E-state index contributed by atoms with van der Waals surface area (Å²) in [5.41, 5.74) is 0.156. The third kappa shape index (κ3) is 1.51. The summed E-state index contributed by atoms with van der Waals surface area (Å²) in [6.45, 7) is 0. The minimum Gasteiger partial charge on any atom is -0.258 e. The van der Waals surface area contributed by atoms with Crippen LogP contribution in [0, 0.1) is 13.7 Å². The predicted octanol–water partition coefficient (Wildman–Crippen LogP) is 3.70. The second kappa shape index (κ2) is 3.67. The van der Waals surface area contributed by atoms with Crippen LogP contribution in [-0.4, -0.2) is 4.92 Å². The van der Waals surface area contributed by atoms with Gasteiger partial charge in [0.2, 0.25) is 0 Å². The number of rotatable bonds is 1. The van der Waals surface area contributed by atoms with Crippen LogP contribution in [0.25, 0.3) is 10.1 Å². The van der Waals surface area contributed by atoms with Gasteiger partial charge in [-0.3, -0.25) is 10.1 Å². The van der Waals surface area contributed by atoms with Crippen LogP contribution in [0.3, 0.4) is 0 Å². The maximum absolute atomic E-state index is 10.8. The number of hydrogen-bond acceptors (Lipinski definition) is 4. The lowest BCUT2D eigenvalue weighted by atomic mass is 10.2. The lowest BCUT2D eigenvalue weighted by Gasteiger charge is -1.97. The molecule has 0 aliphatic carbocycles. The van der Waals surface area contributed by atoms with Crippen LogP contribution in [0.4, 0.5) is 5.69 Å². The highest BCUT2D eigenvalue weighted by atomic mass is 127. The Morgan fingerprint density at radius 3 is 2.86 bits per heavy atom. The van der Waals surface area contributed by atoms with Crippen LogP contribution < -0.4 is 0 Å². The number of nitrogens with zero attached hydrogens (tertiary/aromatic N) is 1. The summed E-state index contributed by atoms with van der Waals surface area (Å²) >= 11 is 7.85. The third-order valence-corrected chi connectivity index (χ3v) is 4.64. The number of fused-ring (bicyclic) bond motifs is 1. The van der Waals surface area contributed by atoms with Gasteiger partial charge in [-0.1, -0.05) is 0 Å². The van der Waals surface area contributed by atoms with E-state index in [1.165, 1.54) is 17.4 Å². The van der Waals surface area contributed by atoms with Crippen LogP contribution in [0.1, 0.15) is 0 Å². The topological polar surface area (TPSA) is 43.1 Å². The second-order valence-corrected chi connectivity index (χ2v) is 5.17. The van der Waals surface area contributed by atoms with Gasteiger partial charge in [0.05, 0.1) is 15.0 Å². The molecule has 14 heavy (non-hydrogen) atoms. The SMILES string of the molecule is O=[N+]([O-])c1ccc(S)c2scc(I)c12. The molecule has 72 valence electrons. The highest BCUT2D eigenvalue weighted by Crippen LogP contribution is 2.37. The van der Waals surface area contributed by atoms with E-state index in [4.69, 9.17) is 0 Å². The standard InChI is InChI=1S/C8H4INO2S2/c9-4-3-14-8-6(13)2-1-5(7(4)8)10(11)12/h1-3,13H. The first kappa shape index (κ1) is 10.2. The third-order valence-electron chi connectivity index (χ3n) is 1.83. The van der Waals surface area contributed by atoms with Gasteiger partial charge in [-0.15, -0.1) is 24.0 Å². The highest BCUT2D eigenvalue weighted by molar-refractivity contribution is 14.1. The molecule has 6 heteroatoms. The normalized spacial score (nSPS) is 10.7. The molecule has 0 aliphatic heterocycles. The Hall–Kier alpha value is -0.340. The van der Waals surface area contributed by atoms with E-state index >= 15 is 0 Å². The van der Waals surface area contributed by atoms with Crippen molar-refractivity contribution in [3.05, 3.63) is 31.2 Å². The Bertz CT molecular complexity index is 523. The molecule has 2 aromatic rings. The molecule has 2 rings (SSSR count). The van der Waals surface area contributed by atoms with Crippen molar-refractivity contribution in [1.82, 2.24) is 0 Å². The fraction of sp³-hybridized carbons (Fsp3) is 0. The first-order valence-electron chi connectivity index (χ1n) is 3.64. The van der Waals surface area contributed by atoms with Crippen LogP contribution in [0.2, 0.25) is 0 Å². The van der Waals surface area contributed by atoms with Gasteiger partial charge in [-0.2, -0.15) is 0 Å². The Labute approximate surface area is 103 Å². The minimum atomic E-state index is -0.357. The van der Waals surface area contributed by atoms with E-state index in [2.05, 4.69) is 35.2 Å². The maximum atomic E-state index is 10.8. The molecule has 0 fully saturated rings. The van der Waals surface area contributed by atoms with Crippen LogP contribution >= 0.6 is 46.6 Å². The van der Waals surface area contributed by atoms with Gasteiger partial charge >= 0.3 is 0 Å². The quantitative estimate of drug-likeness (QED) is 0.373. The number of halogens is 1. The number of hydrogen-bond donors (Lipinski definition) is 1. The van der Waals surface area contributed by atoms with Gasteiger partial charge < -0.3 is 0 Å². The number of thiol groups is 1. The summed E-state index contributed by atoms with van der Waals surface area (Å²) in [6, 6.07) is 3.16. The molecular formula is C8H4INO2S2. The van der Waals surface area contributed by atoms with Crippen molar-refractivity contribution < 1.29 is 4.92 Å². The average molecular weight is 337 g/mol. The molecule has 0 bridgehead atoms.